The lowest BCUT2D eigenvalue weighted by Crippen LogP contribution is -2.24. The molecule has 0 radical (unpaired) electrons. The van der Waals surface area contributed by atoms with E-state index < -0.39 is 0 Å². The van der Waals surface area contributed by atoms with Crippen molar-refractivity contribution in [1.82, 2.24) is 10.4 Å². The molecule has 0 heterocycles. The summed E-state index contributed by atoms with van der Waals surface area (Å²) in [5.74, 6) is 1.69. The van der Waals surface area contributed by atoms with Crippen molar-refractivity contribution < 1.29 is 4.84 Å². The normalized spacial score (nSPS) is 22.5. The summed E-state index contributed by atoms with van der Waals surface area (Å²) in [7, 11) is 3.87. The molecule has 0 spiro atoms. The number of allylic oxidation sites excluding steroid dienone is 1. The first-order valence-corrected chi connectivity index (χ1v) is 8.86. The number of hydroxylamine groups is 2. The number of nitrogens with one attached hydrogen (secondary N) is 1. The summed E-state index contributed by atoms with van der Waals surface area (Å²) in [6.45, 7) is 8.51. The summed E-state index contributed by atoms with van der Waals surface area (Å²) in [5, 5.41) is 5.34. The first-order valence-electron chi connectivity index (χ1n) is 8.86. The minimum atomic E-state index is 0.723. The molecule has 1 rings (SSSR count). The van der Waals surface area contributed by atoms with Gasteiger partial charge in [0, 0.05) is 26.3 Å². The third-order valence-corrected chi connectivity index (χ3v) is 4.69. The molecule has 21 heavy (non-hydrogen) atoms. The van der Waals surface area contributed by atoms with E-state index in [1.807, 2.05) is 14.1 Å². The maximum Gasteiger partial charge on any atom is 0.0684 e. The average molecular weight is 296 g/mol. The van der Waals surface area contributed by atoms with E-state index in [0.717, 1.165) is 31.4 Å². The largest absolute Gasteiger partial charge is 0.389 e. The molecule has 0 aromatic rings. The third kappa shape index (κ3) is 8.47. The lowest BCUT2D eigenvalue weighted by Gasteiger charge is -2.29. The van der Waals surface area contributed by atoms with Crippen molar-refractivity contribution in [2.24, 2.45) is 11.8 Å². The summed E-state index contributed by atoms with van der Waals surface area (Å²) < 4.78 is 0. The molecule has 0 saturated heterocycles. The Morgan fingerprint density at radius 3 is 2.38 bits per heavy atom. The summed E-state index contributed by atoms with van der Waals surface area (Å²) in [6.07, 6.45) is 11.7. The van der Waals surface area contributed by atoms with Crippen LogP contribution in [-0.2, 0) is 4.84 Å². The van der Waals surface area contributed by atoms with Gasteiger partial charge in [-0.3, -0.25) is 4.84 Å². The Hall–Kier alpha value is -0.540. The Labute approximate surface area is 132 Å². The van der Waals surface area contributed by atoms with Crippen LogP contribution in [0, 0.1) is 11.8 Å². The zero-order chi connectivity index (χ0) is 15.5. The van der Waals surface area contributed by atoms with Crippen LogP contribution in [0.25, 0.3) is 0 Å². The van der Waals surface area contributed by atoms with Gasteiger partial charge in [0.05, 0.1) is 6.61 Å². The number of hydrogen-bond donors (Lipinski definition) is 1. The molecule has 0 aliphatic heterocycles. The zero-order valence-electron chi connectivity index (χ0n) is 14.5. The fraction of sp³-hybridized carbons (Fsp3) is 0.889. The summed E-state index contributed by atoms with van der Waals surface area (Å²) >= 11 is 0. The molecule has 1 saturated carbocycles. The van der Waals surface area contributed by atoms with Crippen LogP contribution >= 0.6 is 0 Å². The number of rotatable bonds is 11. The highest BCUT2D eigenvalue weighted by Crippen LogP contribution is 2.33. The molecule has 0 atom stereocenters. The molecule has 0 amide bonds. The van der Waals surface area contributed by atoms with Crippen molar-refractivity contribution in [2.75, 3.05) is 27.2 Å². The fourth-order valence-electron chi connectivity index (χ4n) is 3.14. The second kappa shape index (κ2) is 11.1. The lowest BCUT2D eigenvalue weighted by molar-refractivity contribution is -0.120. The molecule has 1 fully saturated rings. The van der Waals surface area contributed by atoms with Gasteiger partial charge in [-0.25, -0.2) is 0 Å². The van der Waals surface area contributed by atoms with Crippen LogP contribution < -0.4 is 5.32 Å². The van der Waals surface area contributed by atoms with E-state index >= 15 is 0 Å². The highest BCUT2D eigenvalue weighted by atomic mass is 16.7. The van der Waals surface area contributed by atoms with Crippen LogP contribution in [0.1, 0.15) is 64.7 Å². The van der Waals surface area contributed by atoms with Gasteiger partial charge in [-0.15, -0.1) is 0 Å². The highest BCUT2D eigenvalue weighted by Gasteiger charge is 2.21. The van der Waals surface area contributed by atoms with Crippen LogP contribution in [0.4, 0.5) is 0 Å². The standard InChI is InChI=1S/C18H36N2O/c1-5-17-10-12-18(13-11-17)16(2)19-14-8-6-7-9-15-21-20(3)4/h17-19H,2,5-15H2,1,3-4H3. The quantitative estimate of drug-likeness (QED) is 0.453. The first kappa shape index (κ1) is 18.5. The van der Waals surface area contributed by atoms with Gasteiger partial charge in [-0.1, -0.05) is 32.8 Å². The molecular formula is C18H36N2O. The Balaban J connectivity index is 1.94. The topological polar surface area (TPSA) is 24.5 Å². The van der Waals surface area contributed by atoms with Crippen LogP contribution in [0.2, 0.25) is 0 Å². The Morgan fingerprint density at radius 2 is 1.76 bits per heavy atom. The molecule has 0 unspecified atom stereocenters. The smallest absolute Gasteiger partial charge is 0.0684 e. The molecule has 1 N–H and O–H groups in total. The minimum absolute atomic E-state index is 0.723. The highest BCUT2D eigenvalue weighted by molar-refractivity contribution is 4.99. The van der Waals surface area contributed by atoms with Crippen molar-refractivity contribution in [3.8, 4) is 0 Å². The summed E-state index contributed by atoms with van der Waals surface area (Å²) in [6, 6.07) is 0. The van der Waals surface area contributed by atoms with Gasteiger partial charge in [-0.05, 0) is 50.4 Å². The molecular weight excluding hydrogens is 260 g/mol. The number of unbranched alkanes of at least 4 members (excludes halogenated alkanes) is 3. The van der Waals surface area contributed by atoms with Crippen molar-refractivity contribution in [2.45, 2.75) is 64.7 Å². The van der Waals surface area contributed by atoms with Crippen LogP contribution in [-0.4, -0.2) is 32.3 Å². The van der Waals surface area contributed by atoms with E-state index in [1.165, 1.54) is 57.1 Å². The van der Waals surface area contributed by atoms with Gasteiger partial charge in [0.1, 0.15) is 0 Å². The second-order valence-corrected chi connectivity index (χ2v) is 6.64. The fourth-order valence-corrected chi connectivity index (χ4v) is 3.14. The Morgan fingerprint density at radius 1 is 1.10 bits per heavy atom. The van der Waals surface area contributed by atoms with Crippen LogP contribution in [0.5, 0.6) is 0 Å². The molecule has 3 nitrogen and oxygen atoms in total. The van der Waals surface area contributed by atoms with E-state index in [-0.39, 0.29) is 0 Å². The lowest BCUT2D eigenvalue weighted by atomic mass is 9.79. The predicted molar refractivity (Wildman–Crippen MR) is 91.0 cm³/mol. The van der Waals surface area contributed by atoms with Crippen molar-refractivity contribution in [3.05, 3.63) is 12.3 Å². The van der Waals surface area contributed by atoms with Gasteiger partial charge in [0.15, 0.2) is 0 Å². The van der Waals surface area contributed by atoms with Gasteiger partial charge >= 0.3 is 0 Å². The molecule has 1 aliphatic rings. The molecule has 0 aromatic heterocycles. The minimum Gasteiger partial charge on any atom is -0.389 e. The molecule has 1 aliphatic carbocycles. The van der Waals surface area contributed by atoms with E-state index in [0.29, 0.717) is 0 Å². The summed E-state index contributed by atoms with van der Waals surface area (Å²) in [5.41, 5.74) is 1.29. The van der Waals surface area contributed by atoms with Gasteiger partial charge in [-0.2, -0.15) is 5.06 Å². The van der Waals surface area contributed by atoms with Gasteiger partial charge in [0.2, 0.25) is 0 Å². The summed E-state index contributed by atoms with van der Waals surface area (Å²) in [4.78, 5) is 5.39. The zero-order valence-corrected chi connectivity index (χ0v) is 14.5. The van der Waals surface area contributed by atoms with Crippen LogP contribution in [0.3, 0.4) is 0 Å². The average Bonchev–Trinajstić information content (AvgIpc) is 2.49. The van der Waals surface area contributed by atoms with Gasteiger partial charge < -0.3 is 5.32 Å². The van der Waals surface area contributed by atoms with E-state index in [2.05, 4.69) is 18.8 Å². The molecule has 3 heteroatoms. The Bertz CT molecular complexity index is 270. The number of hydrogen-bond acceptors (Lipinski definition) is 3. The van der Waals surface area contributed by atoms with E-state index in [1.54, 1.807) is 5.06 Å². The van der Waals surface area contributed by atoms with Gasteiger partial charge in [0.25, 0.3) is 0 Å². The van der Waals surface area contributed by atoms with E-state index in [9.17, 15) is 0 Å². The maximum atomic E-state index is 5.39. The second-order valence-electron chi connectivity index (χ2n) is 6.64. The molecule has 0 aromatic carbocycles. The van der Waals surface area contributed by atoms with Crippen LogP contribution in [0.15, 0.2) is 12.3 Å². The molecule has 124 valence electrons. The Kier molecular flexibility index (Phi) is 9.77. The van der Waals surface area contributed by atoms with E-state index in [4.69, 9.17) is 4.84 Å². The predicted octanol–water partition coefficient (Wildman–Crippen LogP) is 4.36. The number of nitrogens with zero attached hydrogens (tertiary/aromatic N) is 1. The monoisotopic (exact) mass is 296 g/mol. The van der Waals surface area contributed by atoms with Crippen molar-refractivity contribution in [1.29, 1.82) is 0 Å². The first-order chi connectivity index (χ1) is 10.1. The molecule has 0 bridgehead atoms. The van der Waals surface area contributed by atoms with Crippen molar-refractivity contribution in [3.63, 3.8) is 0 Å². The third-order valence-electron chi connectivity index (χ3n) is 4.69. The SMILES string of the molecule is C=C(NCCCCCCON(C)C)C1CCC(CC)CC1. The van der Waals surface area contributed by atoms with Crippen molar-refractivity contribution >= 4 is 0 Å². The maximum absolute atomic E-state index is 5.39.